The Morgan fingerprint density at radius 3 is 2.44 bits per heavy atom. The van der Waals surface area contributed by atoms with Crippen LogP contribution in [0.5, 0.6) is 0 Å². The number of hydrogen-bond donors (Lipinski definition) is 2. The zero-order valence-corrected chi connectivity index (χ0v) is 16.4. The second-order valence-electron chi connectivity index (χ2n) is 7.58. The highest BCUT2D eigenvalue weighted by Crippen LogP contribution is 2.09. The number of hydrogen-bond acceptors (Lipinski definition) is 5. The van der Waals surface area contributed by atoms with E-state index < -0.39 is 17.7 Å². The average Bonchev–Trinajstić information content (AvgIpc) is 3.05. The van der Waals surface area contributed by atoms with Gasteiger partial charge >= 0.3 is 6.09 Å². The van der Waals surface area contributed by atoms with Gasteiger partial charge in [-0.15, -0.1) is 5.10 Å². The SMILES string of the molecule is CC(C)[C@H](NC(=O)OC(C)(C)C)C(=O)NCc1cn(-c2ccccc2)nn1. The summed E-state index contributed by atoms with van der Waals surface area (Å²) in [4.78, 5) is 24.5. The number of carbonyl (C=O) groups excluding carboxylic acids is 2. The van der Waals surface area contributed by atoms with E-state index in [9.17, 15) is 9.59 Å². The molecule has 146 valence electrons. The molecule has 0 bridgehead atoms. The predicted molar refractivity (Wildman–Crippen MR) is 101 cm³/mol. The fraction of sp³-hybridized carbons (Fsp3) is 0.474. The molecule has 1 atom stereocenters. The van der Waals surface area contributed by atoms with E-state index in [1.807, 2.05) is 44.2 Å². The van der Waals surface area contributed by atoms with Crippen LogP contribution in [-0.4, -0.2) is 38.6 Å². The van der Waals surface area contributed by atoms with Gasteiger partial charge in [0.05, 0.1) is 18.4 Å². The molecule has 1 heterocycles. The summed E-state index contributed by atoms with van der Waals surface area (Å²) in [6.07, 6.45) is 1.13. The van der Waals surface area contributed by atoms with E-state index in [0.717, 1.165) is 5.69 Å². The summed E-state index contributed by atoms with van der Waals surface area (Å²) in [7, 11) is 0. The second kappa shape index (κ2) is 8.66. The van der Waals surface area contributed by atoms with E-state index in [2.05, 4.69) is 20.9 Å². The lowest BCUT2D eigenvalue weighted by Crippen LogP contribution is -2.50. The summed E-state index contributed by atoms with van der Waals surface area (Å²) in [5, 5.41) is 13.5. The molecule has 0 aliphatic rings. The first kappa shape index (κ1) is 20.4. The smallest absolute Gasteiger partial charge is 0.408 e. The van der Waals surface area contributed by atoms with Gasteiger partial charge in [-0.05, 0) is 38.8 Å². The van der Waals surface area contributed by atoms with Crippen molar-refractivity contribution < 1.29 is 14.3 Å². The Hall–Kier alpha value is -2.90. The van der Waals surface area contributed by atoms with E-state index in [1.54, 1.807) is 31.6 Å². The van der Waals surface area contributed by atoms with E-state index in [-0.39, 0.29) is 18.4 Å². The van der Waals surface area contributed by atoms with Crippen LogP contribution in [0.1, 0.15) is 40.3 Å². The molecule has 0 saturated heterocycles. The maximum Gasteiger partial charge on any atom is 0.408 e. The fourth-order valence-electron chi connectivity index (χ4n) is 2.34. The summed E-state index contributed by atoms with van der Waals surface area (Å²) < 4.78 is 6.87. The molecule has 0 unspecified atom stereocenters. The van der Waals surface area contributed by atoms with E-state index in [0.29, 0.717) is 5.69 Å². The molecule has 8 heteroatoms. The number of nitrogens with zero attached hydrogens (tertiary/aromatic N) is 3. The van der Waals surface area contributed by atoms with Crippen molar-refractivity contribution in [3.05, 3.63) is 42.2 Å². The summed E-state index contributed by atoms with van der Waals surface area (Å²) in [5.74, 6) is -0.400. The quantitative estimate of drug-likeness (QED) is 0.810. The number of alkyl carbamates (subject to hydrolysis) is 1. The van der Waals surface area contributed by atoms with Crippen LogP contribution in [0.2, 0.25) is 0 Å². The molecule has 2 amide bonds. The molecule has 0 fully saturated rings. The molecule has 2 aromatic rings. The van der Waals surface area contributed by atoms with Crippen LogP contribution in [-0.2, 0) is 16.1 Å². The molecule has 1 aromatic carbocycles. The number of benzene rings is 1. The van der Waals surface area contributed by atoms with Crippen molar-refractivity contribution in [3.8, 4) is 5.69 Å². The Labute approximate surface area is 159 Å². The van der Waals surface area contributed by atoms with Crippen LogP contribution in [0.15, 0.2) is 36.5 Å². The van der Waals surface area contributed by atoms with E-state index >= 15 is 0 Å². The third-order valence-electron chi connectivity index (χ3n) is 3.63. The number of nitrogens with one attached hydrogen (secondary N) is 2. The van der Waals surface area contributed by atoms with Crippen LogP contribution in [0.4, 0.5) is 4.79 Å². The maximum atomic E-state index is 12.5. The number of amides is 2. The van der Waals surface area contributed by atoms with Crippen molar-refractivity contribution >= 4 is 12.0 Å². The highest BCUT2D eigenvalue weighted by atomic mass is 16.6. The highest BCUT2D eigenvalue weighted by Gasteiger charge is 2.26. The Morgan fingerprint density at radius 1 is 1.19 bits per heavy atom. The fourth-order valence-corrected chi connectivity index (χ4v) is 2.34. The van der Waals surface area contributed by atoms with Crippen LogP contribution >= 0.6 is 0 Å². The summed E-state index contributed by atoms with van der Waals surface area (Å²) >= 11 is 0. The van der Waals surface area contributed by atoms with Crippen molar-refractivity contribution in [2.45, 2.75) is 52.8 Å². The zero-order chi connectivity index (χ0) is 20.0. The van der Waals surface area contributed by atoms with Gasteiger partial charge in [-0.25, -0.2) is 9.48 Å². The number of carbonyl (C=O) groups is 2. The number of para-hydroxylation sites is 1. The Bertz CT molecular complexity index is 765. The van der Waals surface area contributed by atoms with Crippen molar-refractivity contribution in [2.24, 2.45) is 5.92 Å². The standard InChI is InChI=1S/C19H27N5O3/c1-13(2)16(21-18(26)27-19(3,4)5)17(25)20-11-14-12-24(23-22-14)15-9-7-6-8-10-15/h6-10,12-13,16H,11H2,1-5H3,(H,20,25)(H,21,26)/t16-/m0/s1. The van der Waals surface area contributed by atoms with Crippen molar-refractivity contribution in [1.82, 2.24) is 25.6 Å². The molecule has 27 heavy (non-hydrogen) atoms. The molecule has 0 spiro atoms. The second-order valence-corrected chi connectivity index (χ2v) is 7.58. The minimum absolute atomic E-state index is 0.0995. The Balaban J connectivity index is 1.94. The molecule has 0 aliphatic carbocycles. The molecule has 0 radical (unpaired) electrons. The third-order valence-corrected chi connectivity index (χ3v) is 3.63. The number of aromatic nitrogens is 3. The van der Waals surface area contributed by atoms with Gasteiger partial charge in [-0.3, -0.25) is 4.79 Å². The summed E-state index contributed by atoms with van der Waals surface area (Å²) in [6, 6.07) is 8.87. The molecule has 0 saturated carbocycles. The van der Waals surface area contributed by atoms with Crippen LogP contribution < -0.4 is 10.6 Å². The molecular formula is C19H27N5O3. The lowest BCUT2D eigenvalue weighted by atomic mass is 10.0. The van der Waals surface area contributed by atoms with Crippen LogP contribution in [0, 0.1) is 5.92 Å². The number of rotatable bonds is 6. The van der Waals surface area contributed by atoms with Gasteiger partial charge in [0.1, 0.15) is 17.3 Å². The molecule has 2 rings (SSSR count). The molecule has 8 nitrogen and oxygen atoms in total. The number of ether oxygens (including phenoxy) is 1. The normalized spacial score (nSPS) is 12.5. The molecule has 0 aliphatic heterocycles. The molecular weight excluding hydrogens is 346 g/mol. The lowest BCUT2D eigenvalue weighted by molar-refractivity contribution is -0.124. The lowest BCUT2D eigenvalue weighted by Gasteiger charge is -2.25. The first-order chi connectivity index (χ1) is 12.7. The highest BCUT2D eigenvalue weighted by molar-refractivity contribution is 5.85. The van der Waals surface area contributed by atoms with Crippen molar-refractivity contribution in [2.75, 3.05) is 0 Å². The topological polar surface area (TPSA) is 98.1 Å². The van der Waals surface area contributed by atoms with E-state index in [1.165, 1.54) is 0 Å². The Morgan fingerprint density at radius 2 is 1.85 bits per heavy atom. The van der Waals surface area contributed by atoms with Gasteiger partial charge in [-0.2, -0.15) is 0 Å². The van der Waals surface area contributed by atoms with Crippen molar-refractivity contribution in [1.29, 1.82) is 0 Å². The van der Waals surface area contributed by atoms with Crippen molar-refractivity contribution in [3.63, 3.8) is 0 Å². The van der Waals surface area contributed by atoms with Gasteiger partial charge in [0.25, 0.3) is 0 Å². The zero-order valence-electron chi connectivity index (χ0n) is 16.4. The van der Waals surface area contributed by atoms with Crippen LogP contribution in [0.3, 0.4) is 0 Å². The minimum atomic E-state index is -0.705. The van der Waals surface area contributed by atoms with Gasteiger partial charge < -0.3 is 15.4 Å². The monoisotopic (exact) mass is 373 g/mol. The molecule has 1 aromatic heterocycles. The average molecular weight is 373 g/mol. The molecule has 2 N–H and O–H groups in total. The third kappa shape index (κ3) is 6.40. The Kier molecular flexibility index (Phi) is 6.55. The van der Waals surface area contributed by atoms with Gasteiger partial charge in [-0.1, -0.05) is 37.3 Å². The first-order valence-electron chi connectivity index (χ1n) is 8.89. The van der Waals surface area contributed by atoms with E-state index in [4.69, 9.17) is 4.74 Å². The van der Waals surface area contributed by atoms with Gasteiger partial charge in [0.15, 0.2) is 0 Å². The van der Waals surface area contributed by atoms with Gasteiger partial charge in [0, 0.05) is 0 Å². The van der Waals surface area contributed by atoms with Gasteiger partial charge in [0.2, 0.25) is 5.91 Å². The summed E-state index contributed by atoms with van der Waals surface area (Å²) in [6.45, 7) is 9.23. The minimum Gasteiger partial charge on any atom is -0.444 e. The summed E-state index contributed by atoms with van der Waals surface area (Å²) in [5.41, 5.74) is 0.874. The first-order valence-corrected chi connectivity index (χ1v) is 8.89. The largest absolute Gasteiger partial charge is 0.444 e. The van der Waals surface area contributed by atoms with Crippen LogP contribution in [0.25, 0.3) is 5.69 Å². The maximum absolute atomic E-state index is 12.5. The predicted octanol–water partition coefficient (Wildman–Crippen LogP) is 2.43.